The second kappa shape index (κ2) is 9.77. The molecule has 4 N–H and O–H groups in total. The van der Waals surface area contributed by atoms with Gasteiger partial charge in [-0.1, -0.05) is 0 Å². The van der Waals surface area contributed by atoms with Gasteiger partial charge in [0.1, 0.15) is 18.2 Å². The summed E-state index contributed by atoms with van der Waals surface area (Å²) in [5.41, 5.74) is 7.13. The van der Waals surface area contributed by atoms with Crippen molar-refractivity contribution in [2.75, 3.05) is 36.5 Å². The SMILES string of the molecule is NC(=O)c1ccc(N2CCCCC2)c(NC(=O)NCCOc2ccc(F)cc2)c1. The van der Waals surface area contributed by atoms with Crippen molar-refractivity contribution in [3.05, 3.63) is 53.8 Å². The molecule has 29 heavy (non-hydrogen) atoms. The Morgan fingerprint density at radius 1 is 1.07 bits per heavy atom. The lowest BCUT2D eigenvalue weighted by Gasteiger charge is -2.30. The van der Waals surface area contributed by atoms with Crippen molar-refractivity contribution in [2.45, 2.75) is 19.3 Å². The van der Waals surface area contributed by atoms with Crippen LogP contribution in [0.4, 0.5) is 20.6 Å². The quantitative estimate of drug-likeness (QED) is 0.622. The molecule has 154 valence electrons. The summed E-state index contributed by atoms with van der Waals surface area (Å²) in [7, 11) is 0. The zero-order chi connectivity index (χ0) is 20.6. The highest BCUT2D eigenvalue weighted by molar-refractivity contribution is 5.98. The molecule has 0 aliphatic carbocycles. The van der Waals surface area contributed by atoms with Crippen molar-refractivity contribution in [3.8, 4) is 5.75 Å². The Morgan fingerprint density at radius 3 is 2.48 bits per heavy atom. The summed E-state index contributed by atoms with van der Waals surface area (Å²) in [6, 6.07) is 10.3. The Labute approximate surface area is 169 Å². The van der Waals surface area contributed by atoms with Gasteiger partial charge in [0.2, 0.25) is 5.91 Å². The minimum absolute atomic E-state index is 0.235. The third kappa shape index (κ3) is 5.84. The first-order valence-corrected chi connectivity index (χ1v) is 9.65. The Balaban J connectivity index is 1.58. The molecule has 0 aromatic heterocycles. The number of hydrogen-bond acceptors (Lipinski definition) is 4. The molecule has 0 atom stereocenters. The molecule has 3 rings (SSSR count). The summed E-state index contributed by atoms with van der Waals surface area (Å²) in [5.74, 6) is -0.362. The molecular weight excluding hydrogens is 375 g/mol. The fraction of sp³-hybridized carbons (Fsp3) is 0.333. The predicted molar refractivity (Wildman–Crippen MR) is 110 cm³/mol. The highest BCUT2D eigenvalue weighted by atomic mass is 19.1. The normalized spacial score (nSPS) is 13.6. The molecule has 0 spiro atoms. The molecule has 1 fully saturated rings. The Morgan fingerprint density at radius 2 is 1.79 bits per heavy atom. The zero-order valence-corrected chi connectivity index (χ0v) is 16.1. The third-order valence-corrected chi connectivity index (χ3v) is 4.70. The standard InChI is InChI=1S/C21H25FN4O3/c22-16-5-7-17(8-6-16)29-13-10-24-21(28)25-18-14-15(20(23)27)4-9-19(18)26-11-2-1-3-12-26/h4-9,14H,1-3,10-13H2,(H2,23,27)(H2,24,25,28). The van der Waals surface area contributed by atoms with Crippen molar-refractivity contribution < 1.29 is 18.7 Å². The third-order valence-electron chi connectivity index (χ3n) is 4.70. The molecule has 8 heteroatoms. The molecule has 0 bridgehead atoms. The molecule has 0 radical (unpaired) electrons. The number of halogens is 1. The van der Waals surface area contributed by atoms with Crippen LogP contribution >= 0.6 is 0 Å². The van der Waals surface area contributed by atoms with Gasteiger partial charge in [-0.2, -0.15) is 0 Å². The molecule has 1 aliphatic rings. The number of primary amides is 1. The van der Waals surface area contributed by atoms with Gasteiger partial charge >= 0.3 is 6.03 Å². The average Bonchev–Trinajstić information content (AvgIpc) is 2.73. The maximum absolute atomic E-state index is 12.9. The number of anilines is 2. The number of carbonyl (C=O) groups is 2. The van der Waals surface area contributed by atoms with Gasteiger partial charge in [-0.05, 0) is 61.7 Å². The molecule has 2 aromatic rings. The molecule has 0 saturated carbocycles. The first-order chi connectivity index (χ1) is 14.0. The van der Waals surface area contributed by atoms with Crippen molar-refractivity contribution in [2.24, 2.45) is 5.73 Å². The summed E-state index contributed by atoms with van der Waals surface area (Å²) in [6.45, 7) is 2.30. The van der Waals surface area contributed by atoms with Crippen molar-refractivity contribution in [1.82, 2.24) is 5.32 Å². The van der Waals surface area contributed by atoms with E-state index < -0.39 is 11.9 Å². The Bertz CT molecular complexity index is 852. The van der Waals surface area contributed by atoms with E-state index in [2.05, 4.69) is 15.5 Å². The van der Waals surface area contributed by atoms with Crippen LogP contribution in [0.3, 0.4) is 0 Å². The molecule has 1 saturated heterocycles. The molecule has 2 aromatic carbocycles. The van der Waals surface area contributed by atoms with E-state index in [9.17, 15) is 14.0 Å². The van der Waals surface area contributed by atoms with E-state index in [0.29, 0.717) is 17.0 Å². The van der Waals surface area contributed by atoms with Gasteiger partial charge < -0.3 is 26.0 Å². The second-order valence-corrected chi connectivity index (χ2v) is 6.83. The van der Waals surface area contributed by atoms with Gasteiger partial charge in [-0.25, -0.2) is 9.18 Å². The minimum atomic E-state index is -0.550. The predicted octanol–water partition coefficient (Wildman–Crippen LogP) is 3.12. The molecule has 0 unspecified atom stereocenters. The number of benzene rings is 2. The van der Waals surface area contributed by atoms with Gasteiger partial charge in [0.15, 0.2) is 0 Å². The summed E-state index contributed by atoms with van der Waals surface area (Å²) in [4.78, 5) is 26.1. The molecule has 1 aliphatic heterocycles. The molecule has 1 heterocycles. The largest absolute Gasteiger partial charge is 0.492 e. The van der Waals surface area contributed by atoms with Crippen molar-refractivity contribution in [1.29, 1.82) is 0 Å². The molecular formula is C21H25FN4O3. The van der Waals surface area contributed by atoms with Gasteiger partial charge in [0, 0.05) is 18.7 Å². The van der Waals surface area contributed by atoms with Crippen LogP contribution in [-0.2, 0) is 0 Å². The van der Waals surface area contributed by atoms with Crippen LogP contribution in [0.5, 0.6) is 5.75 Å². The second-order valence-electron chi connectivity index (χ2n) is 6.83. The highest BCUT2D eigenvalue weighted by Crippen LogP contribution is 2.29. The summed E-state index contributed by atoms with van der Waals surface area (Å²) in [5, 5.41) is 5.51. The maximum atomic E-state index is 12.9. The van der Waals surface area contributed by atoms with Crippen LogP contribution in [0.2, 0.25) is 0 Å². The van der Waals surface area contributed by atoms with Crippen LogP contribution in [0.25, 0.3) is 0 Å². The van der Waals surface area contributed by atoms with Gasteiger partial charge in [-0.15, -0.1) is 0 Å². The van der Waals surface area contributed by atoms with Gasteiger partial charge in [0.05, 0.1) is 17.9 Å². The van der Waals surface area contributed by atoms with Crippen molar-refractivity contribution >= 4 is 23.3 Å². The Kier molecular flexibility index (Phi) is 6.89. The number of rotatable bonds is 7. The lowest BCUT2D eigenvalue weighted by Crippen LogP contribution is -2.34. The molecule has 7 nitrogen and oxygen atoms in total. The van der Waals surface area contributed by atoms with Crippen LogP contribution in [0.1, 0.15) is 29.6 Å². The first kappa shape index (κ1) is 20.4. The number of hydrogen-bond donors (Lipinski definition) is 3. The van der Waals surface area contributed by atoms with E-state index in [1.165, 1.54) is 30.7 Å². The fourth-order valence-corrected chi connectivity index (χ4v) is 3.23. The Hall–Kier alpha value is -3.29. The van der Waals surface area contributed by atoms with Gasteiger partial charge in [-0.3, -0.25) is 4.79 Å². The monoisotopic (exact) mass is 400 g/mol. The van der Waals surface area contributed by atoms with Crippen LogP contribution in [0, 0.1) is 5.82 Å². The number of nitrogens with zero attached hydrogens (tertiary/aromatic N) is 1. The number of nitrogens with one attached hydrogen (secondary N) is 2. The fourth-order valence-electron chi connectivity index (χ4n) is 3.23. The minimum Gasteiger partial charge on any atom is -0.492 e. The number of nitrogens with two attached hydrogens (primary N) is 1. The van der Waals surface area contributed by atoms with E-state index in [-0.39, 0.29) is 19.0 Å². The lowest BCUT2D eigenvalue weighted by molar-refractivity contribution is 0.100. The number of amides is 3. The number of urea groups is 1. The van der Waals surface area contributed by atoms with E-state index in [1.54, 1.807) is 12.1 Å². The summed E-state index contributed by atoms with van der Waals surface area (Å²) < 4.78 is 18.3. The van der Waals surface area contributed by atoms with E-state index in [4.69, 9.17) is 10.5 Å². The van der Waals surface area contributed by atoms with E-state index >= 15 is 0 Å². The first-order valence-electron chi connectivity index (χ1n) is 9.65. The summed E-state index contributed by atoms with van der Waals surface area (Å²) in [6.07, 6.45) is 3.36. The highest BCUT2D eigenvalue weighted by Gasteiger charge is 2.17. The van der Waals surface area contributed by atoms with Crippen LogP contribution in [0.15, 0.2) is 42.5 Å². The van der Waals surface area contributed by atoms with Crippen molar-refractivity contribution in [3.63, 3.8) is 0 Å². The molecule has 3 amide bonds. The summed E-state index contributed by atoms with van der Waals surface area (Å²) >= 11 is 0. The van der Waals surface area contributed by atoms with Crippen LogP contribution in [-0.4, -0.2) is 38.2 Å². The number of carbonyl (C=O) groups excluding carboxylic acids is 2. The lowest BCUT2D eigenvalue weighted by atomic mass is 10.1. The number of piperidine rings is 1. The average molecular weight is 400 g/mol. The smallest absolute Gasteiger partial charge is 0.319 e. The number of ether oxygens (including phenoxy) is 1. The van der Waals surface area contributed by atoms with E-state index in [0.717, 1.165) is 31.6 Å². The van der Waals surface area contributed by atoms with Gasteiger partial charge in [0.25, 0.3) is 0 Å². The zero-order valence-electron chi connectivity index (χ0n) is 16.1. The van der Waals surface area contributed by atoms with Crippen LogP contribution < -0.4 is 26.0 Å². The van der Waals surface area contributed by atoms with E-state index in [1.807, 2.05) is 6.07 Å². The maximum Gasteiger partial charge on any atom is 0.319 e. The topological polar surface area (TPSA) is 96.7 Å².